The van der Waals surface area contributed by atoms with E-state index in [2.05, 4.69) is 21.7 Å². The smallest absolute Gasteiger partial charge is 0.411 e. The molecule has 1 saturated heterocycles. The molecular weight excluding hydrogens is 384 g/mol. The topological polar surface area (TPSA) is 133 Å². The van der Waals surface area contributed by atoms with Gasteiger partial charge in [0.1, 0.15) is 17.7 Å². The lowest BCUT2D eigenvalue weighted by molar-refractivity contribution is -0.128. The van der Waals surface area contributed by atoms with Crippen LogP contribution in [0.1, 0.15) is 45.6 Å². The van der Waals surface area contributed by atoms with Crippen molar-refractivity contribution >= 4 is 17.7 Å². The van der Waals surface area contributed by atoms with E-state index in [0.717, 1.165) is 24.8 Å². The van der Waals surface area contributed by atoms with Gasteiger partial charge in [0.2, 0.25) is 5.91 Å². The first-order valence-corrected chi connectivity index (χ1v) is 10.1. The molecular formula is C21H28N6O3. The van der Waals surface area contributed by atoms with Gasteiger partial charge in [0, 0.05) is 12.5 Å². The average Bonchev–Trinajstić information content (AvgIpc) is 3.29. The van der Waals surface area contributed by atoms with E-state index in [4.69, 9.17) is 10.6 Å². The normalized spacial score (nSPS) is 23.9. The Labute approximate surface area is 176 Å². The molecule has 0 unspecified atom stereocenters. The summed E-state index contributed by atoms with van der Waals surface area (Å²) in [5, 5.41) is 19.3. The van der Waals surface area contributed by atoms with Gasteiger partial charge in [-0.05, 0) is 63.6 Å². The summed E-state index contributed by atoms with van der Waals surface area (Å²) in [6, 6.07) is 7.95. The molecule has 0 radical (unpaired) electrons. The number of amides is 2. The van der Waals surface area contributed by atoms with E-state index < -0.39 is 23.8 Å². The fourth-order valence-electron chi connectivity index (χ4n) is 4.29. The van der Waals surface area contributed by atoms with E-state index >= 15 is 0 Å². The molecule has 1 heterocycles. The predicted octanol–water partition coefficient (Wildman–Crippen LogP) is 2.98. The van der Waals surface area contributed by atoms with Gasteiger partial charge in [-0.1, -0.05) is 17.4 Å². The van der Waals surface area contributed by atoms with E-state index in [0.29, 0.717) is 12.1 Å². The van der Waals surface area contributed by atoms with Crippen LogP contribution in [0.2, 0.25) is 0 Å². The van der Waals surface area contributed by atoms with Gasteiger partial charge < -0.3 is 15.9 Å². The molecule has 1 saturated carbocycles. The first-order valence-electron chi connectivity index (χ1n) is 10.1. The van der Waals surface area contributed by atoms with Gasteiger partial charge in [0.05, 0.1) is 11.8 Å². The number of nitrogens with one attached hydrogen (secondary N) is 1. The minimum Gasteiger partial charge on any atom is -0.444 e. The summed E-state index contributed by atoms with van der Waals surface area (Å²) >= 11 is 0. The molecule has 9 heteroatoms. The van der Waals surface area contributed by atoms with Gasteiger partial charge in [0.25, 0.3) is 0 Å². The summed E-state index contributed by atoms with van der Waals surface area (Å²) < 4.78 is 5.53. The number of nitrogens with zero attached hydrogens (tertiary/aromatic N) is 4. The first kappa shape index (κ1) is 21.6. The van der Waals surface area contributed by atoms with E-state index in [1.807, 2.05) is 12.1 Å². The molecule has 2 amide bonds. The summed E-state index contributed by atoms with van der Waals surface area (Å²) in [4.78, 5) is 27.4. The zero-order valence-electron chi connectivity index (χ0n) is 17.5. The Balaban J connectivity index is 1.67. The highest BCUT2D eigenvalue weighted by Gasteiger charge is 2.52. The molecule has 4 atom stereocenters. The molecule has 3 N–H and O–H groups in total. The monoisotopic (exact) mass is 412 g/mol. The molecule has 30 heavy (non-hydrogen) atoms. The van der Waals surface area contributed by atoms with Gasteiger partial charge >= 0.3 is 6.09 Å². The zero-order valence-corrected chi connectivity index (χ0v) is 17.5. The number of likely N-dealkylation sites (tertiary alicyclic amines) is 1. The van der Waals surface area contributed by atoms with Crippen LogP contribution in [0.3, 0.4) is 0 Å². The fourth-order valence-corrected chi connectivity index (χ4v) is 4.29. The minimum atomic E-state index is -0.709. The molecule has 9 nitrogen and oxygen atoms in total. The summed E-state index contributed by atoms with van der Waals surface area (Å²) in [7, 11) is 0. The van der Waals surface area contributed by atoms with Gasteiger partial charge in [-0.2, -0.15) is 5.26 Å². The Bertz CT molecular complexity index is 855. The standard InChI is InChI=1S/C21H28N6O3/c1-21(2,3)30-20(29)27-17-9-6-14(11-17)18(27)19(28)24-16(12-22)10-13-4-7-15(8-5-13)25-26-23/h4-5,7-8,14,16-18H,6,9-11H2,1-3H3,(H2,23,25)(H,24,28)/t14-,16-,17+,18-/m0/s1. The molecule has 1 aliphatic heterocycles. The second kappa shape index (κ2) is 8.69. The van der Waals surface area contributed by atoms with Crippen LogP contribution in [0.15, 0.2) is 34.6 Å². The molecule has 1 aromatic carbocycles. The van der Waals surface area contributed by atoms with Gasteiger partial charge in [-0.15, -0.1) is 5.11 Å². The first-order chi connectivity index (χ1) is 14.2. The number of carbonyl (C=O) groups is 2. The largest absolute Gasteiger partial charge is 0.444 e. The molecule has 160 valence electrons. The Morgan fingerprint density at radius 1 is 1.33 bits per heavy atom. The lowest BCUT2D eigenvalue weighted by atomic mass is 9.97. The Kier molecular flexibility index (Phi) is 6.25. The quantitative estimate of drug-likeness (QED) is 0.436. The number of benzene rings is 1. The maximum absolute atomic E-state index is 13.1. The van der Waals surface area contributed by atoms with Crippen molar-refractivity contribution in [2.45, 2.75) is 70.2 Å². The molecule has 2 aliphatic rings. The lowest BCUT2D eigenvalue weighted by Crippen LogP contribution is -2.55. The van der Waals surface area contributed by atoms with E-state index in [-0.39, 0.29) is 17.9 Å². The van der Waals surface area contributed by atoms with Crippen LogP contribution in [0.25, 0.3) is 0 Å². The van der Waals surface area contributed by atoms with Gasteiger partial charge in [-0.25, -0.2) is 4.79 Å². The fraction of sp³-hybridized carbons (Fsp3) is 0.571. The highest BCUT2D eigenvalue weighted by Crippen LogP contribution is 2.43. The van der Waals surface area contributed by atoms with Crippen LogP contribution < -0.4 is 11.2 Å². The minimum absolute atomic E-state index is 0.0189. The highest BCUT2D eigenvalue weighted by molar-refractivity contribution is 5.87. The number of nitriles is 1. The number of nitrogens with two attached hydrogens (primary N) is 1. The lowest BCUT2D eigenvalue weighted by Gasteiger charge is -2.35. The van der Waals surface area contributed by atoms with Crippen molar-refractivity contribution in [2.75, 3.05) is 0 Å². The number of ether oxygens (including phenoxy) is 1. The second-order valence-corrected chi connectivity index (χ2v) is 8.84. The molecule has 1 aromatic rings. The van der Waals surface area contributed by atoms with E-state index in [9.17, 15) is 14.9 Å². The Hall–Kier alpha value is -3.15. The number of piperidine rings is 1. The third-order valence-electron chi connectivity index (χ3n) is 5.48. The van der Waals surface area contributed by atoms with Crippen LogP contribution in [0, 0.1) is 17.2 Å². The van der Waals surface area contributed by atoms with Crippen LogP contribution in [-0.2, 0) is 16.0 Å². The zero-order chi connectivity index (χ0) is 21.9. The third-order valence-corrected chi connectivity index (χ3v) is 5.48. The Morgan fingerprint density at radius 3 is 2.63 bits per heavy atom. The van der Waals surface area contributed by atoms with Crippen LogP contribution in [0.4, 0.5) is 10.5 Å². The number of hydrogen-bond acceptors (Lipinski definition) is 6. The maximum Gasteiger partial charge on any atom is 0.411 e. The van der Waals surface area contributed by atoms with Crippen molar-refractivity contribution in [3.63, 3.8) is 0 Å². The van der Waals surface area contributed by atoms with Gasteiger partial charge in [0.15, 0.2) is 0 Å². The van der Waals surface area contributed by atoms with Crippen molar-refractivity contribution in [1.82, 2.24) is 10.2 Å². The van der Waals surface area contributed by atoms with Crippen LogP contribution in [0.5, 0.6) is 0 Å². The predicted molar refractivity (Wildman–Crippen MR) is 109 cm³/mol. The van der Waals surface area contributed by atoms with Crippen molar-refractivity contribution in [2.24, 2.45) is 22.1 Å². The van der Waals surface area contributed by atoms with Crippen molar-refractivity contribution < 1.29 is 14.3 Å². The molecule has 2 fully saturated rings. The summed E-state index contributed by atoms with van der Waals surface area (Å²) in [6.45, 7) is 5.42. The van der Waals surface area contributed by atoms with Gasteiger partial charge in [-0.3, -0.25) is 9.69 Å². The number of carbonyl (C=O) groups excluding carboxylic acids is 2. The van der Waals surface area contributed by atoms with Crippen molar-refractivity contribution in [3.8, 4) is 6.07 Å². The third kappa shape index (κ3) is 4.87. The second-order valence-electron chi connectivity index (χ2n) is 8.84. The number of hydrogen-bond donors (Lipinski definition) is 2. The van der Waals surface area contributed by atoms with E-state index in [1.165, 1.54) is 0 Å². The summed E-state index contributed by atoms with van der Waals surface area (Å²) in [5.74, 6) is 4.84. The SMILES string of the molecule is CC(C)(C)OC(=O)N1[C@@H]2CC[C@@H](C2)[C@H]1C(=O)N[C@H](C#N)Cc1ccc(N=NN)cc1. The summed E-state index contributed by atoms with van der Waals surface area (Å²) in [6.07, 6.45) is 2.45. The summed E-state index contributed by atoms with van der Waals surface area (Å²) in [5.41, 5.74) is 0.841. The number of rotatable bonds is 5. The maximum atomic E-state index is 13.1. The van der Waals surface area contributed by atoms with Crippen molar-refractivity contribution in [1.29, 1.82) is 5.26 Å². The Morgan fingerprint density at radius 2 is 2.03 bits per heavy atom. The van der Waals surface area contributed by atoms with E-state index in [1.54, 1.807) is 37.8 Å². The molecule has 2 bridgehead atoms. The average molecular weight is 412 g/mol. The molecule has 1 aliphatic carbocycles. The van der Waals surface area contributed by atoms with Crippen LogP contribution >= 0.6 is 0 Å². The van der Waals surface area contributed by atoms with Crippen molar-refractivity contribution in [3.05, 3.63) is 29.8 Å². The molecule has 0 spiro atoms. The highest BCUT2D eigenvalue weighted by atomic mass is 16.6. The molecule has 0 aromatic heterocycles. The molecule has 3 rings (SSSR count). The van der Waals surface area contributed by atoms with Crippen LogP contribution in [-0.4, -0.2) is 40.6 Å². The number of fused-ring (bicyclic) bond motifs is 2.